The summed E-state index contributed by atoms with van der Waals surface area (Å²) in [6.45, 7) is 7.41. The second kappa shape index (κ2) is 9.02. The number of hydrogen-bond acceptors (Lipinski definition) is 4. The van der Waals surface area contributed by atoms with Gasteiger partial charge in [0, 0.05) is 36.6 Å². The van der Waals surface area contributed by atoms with Crippen molar-refractivity contribution in [2.75, 3.05) is 18.0 Å². The van der Waals surface area contributed by atoms with E-state index < -0.39 is 5.97 Å². The number of rotatable bonds is 6. The topological polar surface area (TPSA) is 43.8 Å². The summed E-state index contributed by atoms with van der Waals surface area (Å²) in [5.74, 6) is -0.784. The lowest BCUT2D eigenvalue weighted by atomic mass is 10.0. The van der Waals surface area contributed by atoms with E-state index in [1.165, 1.54) is 21.0 Å². The van der Waals surface area contributed by atoms with Crippen molar-refractivity contribution in [1.82, 2.24) is 4.90 Å². The lowest BCUT2D eigenvalue weighted by Gasteiger charge is -2.45. The van der Waals surface area contributed by atoms with Gasteiger partial charge in [0.2, 0.25) is 0 Å². The summed E-state index contributed by atoms with van der Waals surface area (Å²) >= 11 is 1.86. The summed E-state index contributed by atoms with van der Waals surface area (Å²) in [6, 6.07) is 23.9. The Morgan fingerprint density at radius 3 is 2.37 bits per heavy atom. The molecule has 5 heteroatoms. The lowest BCUT2D eigenvalue weighted by Crippen LogP contribution is -2.56. The molecule has 2 aromatic carbocycles. The number of piperazine rings is 1. The maximum Gasteiger partial charge on any atom is 0.307 e. The van der Waals surface area contributed by atoms with Gasteiger partial charge in [-0.15, -0.1) is 11.3 Å². The number of carboxylic acid groups (broad SMARTS) is 1. The zero-order valence-electron chi connectivity index (χ0n) is 17.5. The lowest BCUT2D eigenvalue weighted by molar-refractivity contribution is -0.136. The van der Waals surface area contributed by atoms with Gasteiger partial charge in [-0.1, -0.05) is 54.6 Å². The van der Waals surface area contributed by atoms with Crippen LogP contribution < -0.4 is 4.90 Å². The first-order chi connectivity index (χ1) is 14.5. The number of carbonyl (C=O) groups is 1. The van der Waals surface area contributed by atoms with Crippen molar-refractivity contribution < 1.29 is 9.90 Å². The van der Waals surface area contributed by atoms with Crippen LogP contribution in [0.5, 0.6) is 0 Å². The molecule has 1 saturated heterocycles. The molecular weight excluding hydrogens is 392 g/mol. The van der Waals surface area contributed by atoms with Crippen molar-refractivity contribution in [3.8, 4) is 10.4 Å². The maximum atomic E-state index is 11.0. The first-order valence-electron chi connectivity index (χ1n) is 10.4. The van der Waals surface area contributed by atoms with Gasteiger partial charge in [0.1, 0.15) is 0 Å². The highest BCUT2D eigenvalue weighted by Gasteiger charge is 2.30. The van der Waals surface area contributed by atoms with E-state index in [1.54, 1.807) is 0 Å². The largest absolute Gasteiger partial charge is 0.481 e. The average molecular weight is 421 g/mol. The zero-order valence-corrected chi connectivity index (χ0v) is 18.3. The van der Waals surface area contributed by atoms with Gasteiger partial charge in [-0.05, 0) is 42.7 Å². The van der Waals surface area contributed by atoms with Gasteiger partial charge in [-0.25, -0.2) is 0 Å². The summed E-state index contributed by atoms with van der Waals surface area (Å²) in [5, 5.41) is 10.4. The van der Waals surface area contributed by atoms with E-state index in [4.69, 9.17) is 5.11 Å². The Hall–Kier alpha value is -2.63. The summed E-state index contributed by atoms with van der Waals surface area (Å²) in [5.41, 5.74) is 3.32. The van der Waals surface area contributed by atoms with E-state index in [0.717, 1.165) is 25.2 Å². The first-order valence-corrected chi connectivity index (χ1v) is 11.3. The summed E-state index contributed by atoms with van der Waals surface area (Å²) < 4.78 is 0. The minimum atomic E-state index is -0.784. The molecule has 1 aliphatic heterocycles. The smallest absolute Gasteiger partial charge is 0.307 e. The van der Waals surface area contributed by atoms with Crippen LogP contribution in [-0.4, -0.2) is 41.1 Å². The molecular formula is C25H28N2O2S. The van der Waals surface area contributed by atoms with E-state index in [2.05, 4.69) is 72.2 Å². The molecule has 156 valence electrons. The maximum absolute atomic E-state index is 11.0. The average Bonchev–Trinajstić information content (AvgIpc) is 3.21. The van der Waals surface area contributed by atoms with Crippen molar-refractivity contribution in [3.63, 3.8) is 0 Å². The summed E-state index contributed by atoms with van der Waals surface area (Å²) in [4.78, 5) is 17.4. The molecule has 30 heavy (non-hydrogen) atoms. The molecule has 0 unspecified atom stereocenters. The molecule has 1 aliphatic rings. The minimum absolute atomic E-state index is 0.0782. The van der Waals surface area contributed by atoms with Gasteiger partial charge >= 0.3 is 5.97 Å². The van der Waals surface area contributed by atoms with Crippen molar-refractivity contribution in [3.05, 3.63) is 77.9 Å². The number of thiophene rings is 1. The molecule has 3 aromatic rings. The summed E-state index contributed by atoms with van der Waals surface area (Å²) in [7, 11) is 0. The molecule has 1 aromatic heterocycles. The Labute approximate surface area is 182 Å². The van der Waals surface area contributed by atoms with E-state index in [0.29, 0.717) is 12.1 Å². The van der Waals surface area contributed by atoms with Crippen LogP contribution in [0.4, 0.5) is 5.00 Å². The fourth-order valence-electron chi connectivity index (χ4n) is 4.33. The Morgan fingerprint density at radius 2 is 1.67 bits per heavy atom. The van der Waals surface area contributed by atoms with Crippen molar-refractivity contribution >= 4 is 22.3 Å². The predicted molar refractivity (Wildman–Crippen MR) is 124 cm³/mol. The number of carboxylic acids is 1. The van der Waals surface area contributed by atoms with Gasteiger partial charge < -0.3 is 10.0 Å². The molecule has 4 nitrogen and oxygen atoms in total. The highest BCUT2D eigenvalue weighted by atomic mass is 32.1. The van der Waals surface area contributed by atoms with Crippen LogP contribution in [0.25, 0.3) is 10.4 Å². The van der Waals surface area contributed by atoms with Crippen LogP contribution in [0.15, 0.2) is 66.7 Å². The Kier molecular flexibility index (Phi) is 6.21. The number of nitrogens with zero attached hydrogens (tertiary/aromatic N) is 2. The van der Waals surface area contributed by atoms with Crippen molar-refractivity contribution in [2.24, 2.45) is 0 Å². The quantitative estimate of drug-likeness (QED) is 0.600. The zero-order chi connectivity index (χ0) is 21.1. The normalized spacial score (nSPS) is 19.7. The van der Waals surface area contributed by atoms with Gasteiger partial charge in [0.15, 0.2) is 0 Å². The third-order valence-electron chi connectivity index (χ3n) is 5.78. The van der Waals surface area contributed by atoms with E-state index in [9.17, 15) is 4.79 Å². The number of anilines is 1. The Morgan fingerprint density at radius 1 is 0.967 bits per heavy atom. The molecule has 2 heterocycles. The molecule has 0 spiro atoms. The molecule has 0 amide bonds. The second-order valence-electron chi connectivity index (χ2n) is 8.17. The van der Waals surface area contributed by atoms with Crippen LogP contribution in [0.3, 0.4) is 0 Å². The fraction of sp³-hybridized carbons (Fsp3) is 0.320. The van der Waals surface area contributed by atoms with Crippen LogP contribution in [0.2, 0.25) is 0 Å². The highest BCUT2D eigenvalue weighted by Crippen LogP contribution is 2.35. The molecule has 0 radical (unpaired) electrons. The summed E-state index contributed by atoms with van der Waals surface area (Å²) in [6.07, 6.45) is 0.0782. The number of benzene rings is 2. The number of aliphatic carboxylic acids is 1. The van der Waals surface area contributed by atoms with Gasteiger partial charge in [-0.3, -0.25) is 9.69 Å². The molecule has 2 atom stereocenters. The van der Waals surface area contributed by atoms with Gasteiger partial charge in [0.05, 0.1) is 11.4 Å². The van der Waals surface area contributed by atoms with E-state index in [-0.39, 0.29) is 6.42 Å². The minimum Gasteiger partial charge on any atom is -0.481 e. The van der Waals surface area contributed by atoms with E-state index >= 15 is 0 Å². The van der Waals surface area contributed by atoms with Crippen molar-refractivity contribution in [2.45, 2.75) is 38.9 Å². The monoisotopic (exact) mass is 420 g/mol. The standard InChI is InChI=1S/C25H28N2O2S/c1-18-15-26(24-12-11-23(30-24)22-9-4-3-5-10-22)16-19(2)27(18)17-21-8-6-7-20(13-21)14-25(28)29/h3-13,18-19H,14-17H2,1-2H3,(H,28,29)/t18-,19+. The molecule has 1 N–H and O–H groups in total. The van der Waals surface area contributed by atoms with Crippen molar-refractivity contribution in [1.29, 1.82) is 0 Å². The molecule has 4 rings (SSSR count). The van der Waals surface area contributed by atoms with E-state index in [1.807, 2.05) is 29.5 Å². The third kappa shape index (κ3) is 4.74. The number of hydrogen-bond donors (Lipinski definition) is 1. The Bertz CT molecular complexity index is 989. The van der Waals surface area contributed by atoms with Crippen LogP contribution >= 0.6 is 11.3 Å². The van der Waals surface area contributed by atoms with Gasteiger partial charge in [-0.2, -0.15) is 0 Å². The molecule has 0 saturated carbocycles. The second-order valence-corrected chi connectivity index (χ2v) is 9.23. The van der Waals surface area contributed by atoms with Crippen LogP contribution in [-0.2, 0) is 17.8 Å². The molecule has 0 aliphatic carbocycles. The highest BCUT2D eigenvalue weighted by molar-refractivity contribution is 7.19. The SMILES string of the molecule is C[C@@H]1CN(c2ccc(-c3ccccc3)s2)C[C@H](C)N1Cc1cccc(CC(=O)O)c1. The third-order valence-corrected chi connectivity index (χ3v) is 6.97. The Balaban J connectivity index is 1.44. The first kappa shape index (κ1) is 20.6. The van der Waals surface area contributed by atoms with Crippen LogP contribution in [0.1, 0.15) is 25.0 Å². The molecule has 1 fully saturated rings. The van der Waals surface area contributed by atoms with Gasteiger partial charge in [0.25, 0.3) is 0 Å². The molecule has 0 bridgehead atoms. The fourth-order valence-corrected chi connectivity index (χ4v) is 5.36. The van der Waals surface area contributed by atoms with Crippen LogP contribution in [0, 0.1) is 0 Å². The predicted octanol–water partition coefficient (Wildman–Crippen LogP) is 5.14.